The molecule has 6 heteroatoms. The number of aromatic nitrogens is 2. The molecular formula is C18H29N3O3. The summed E-state index contributed by atoms with van der Waals surface area (Å²) in [7, 11) is 0. The van der Waals surface area contributed by atoms with Crippen LogP contribution >= 0.6 is 0 Å². The highest BCUT2D eigenvalue weighted by Crippen LogP contribution is 2.18. The minimum atomic E-state index is -0.417. The molecule has 0 aliphatic carbocycles. The standard InChI is InChI=1S/C18H29N3O3/c1-12(2)17(24-11-15-5-4-8-23-15)18(22)20-14-6-7-16-19-13(3)9-21(16)10-14/h9,12,14-15,17H,4-8,10-11H2,1-3H3,(H,20,22)/t14-,15+,17+/m0/s1. The van der Waals surface area contributed by atoms with Gasteiger partial charge in [0.25, 0.3) is 0 Å². The second-order valence-electron chi connectivity index (χ2n) is 7.33. The molecule has 2 aliphatic rings. The third-order valence-corrected chi connectivity index (χ3v) is 4.81. The Hall–Kier alpha value is -1.40. The van der Waals surface area contributed by atoms with Crippen LogP contribution in [-0.2, 0) is 27.2 Å². The van der Waals surface area contributed by atoms with Gasteiger partial charge in [-0.3, -0.25) is 4.79 Å². The van der Waals surface area contributed by atoms with E-state index < -0.39 is 6.10 Å². The van der Waals surface area contributed by atoms with Crippen LogP contribution in [0.2, 0.25) is 0 Å². The first-order chi connectivity index (χ1) is 11.5. The Morgan fingerprint density at radius 2 is 2.33 bits per heavy atom. The predicted octanol–water partition coefficient (Wildman–Crippen LogP) is 1.84. The summed E-state index contributed by atoms with van der Waals surface area (Å²) in [6.45, 7) is 8.16. The summed E-state index contributed by atoms with van der Waals surface area (Å²) in [5.74, 6) is 1.25. The lowest BCUT2D eigenvalue weighted by Crippen LogP contribution is -2.48. The Kier molecular flexibility index (Phi) is 5.56. The summed E-state index contributed by atoms with van der Waals surface area (Å²) < 4.78 is 13.6. The van der Waals surface area contributed by atoms with Gasteiger partial charge < -0.3 is 19.4 Å². The third kappa shape index (κ3) is 4.16. The highest BCUT2D eigenvalue weighted by Gasteiger charge is 2.29. The van der Waals surface area contributed by atoms with Gasteiger partial charge in [0.05, 0.1) is 18.4 Å². The van der Waals surface area contributed by atoms with E-state index in [2.05, 4.69) is 21.1 Å². The minimum absolute atomic E-state index is 0.00622. The van der Waals surface area contributed by atoms with Crippen LogP contribution in [-0.4, -0.2) is 46.9 Å². The fourth-order valence-electron chi connectivity index (χ4n) is 3.55. The third-order valence-electron chi connectivity index (χ3n) is 4.81. The van der Waals surface area contributed by atoms with Gasteiger partial charge >= 0.3 is 0 Å². The van der Waals surface area contributed by atoms with Gasteiger partial charge in [-0.2, -0.15) is 0 Å². The van der Waals surface area contributed by atoms with Crippen LogP contribution in [0, 0.1) is 12.8 Å². The fourth-order valence-corrected chi connectivity index (χ4v) is 3.55. The summed E-state index contributed by atoms with van der Waals surface area (Å²) >= 11 is 0. The zero-order valence-electron chi connectivity index (χ0n) is 15.0. The Balaban J connectivity index is 1.53. The van der Waals surface area contributed by atoms with Crippen molar-refractivity contribution in [3.63, 3.8) is 0 Å². The molecule has 2 aliphatic heterocycles. The van der Waals surface area contributed by atoms with Crippen molar-refractivity contribution in [1.82, 2.24) is 14.9 Å². The largest absolute Gasteiger partial charge is 0.376 e. The number of imidazole rings is 1. The average Bonchev–Trinajstić information content (AvgIpc) is 3.15. The van der Waals surface area contributed by atoms with Crippen molar-refractivity contribution in [2.45, 2.75) is 71.2 Å². The number of nitrogens with one attached hydrogen (secondary N) is 1. The van der Waals surface area contributed by atoms with Crippen LogP contribution in [0.5, 0.6) is 0 Å². The quantitative estimate of drug-likeness (QED) is 0.861. The number of carbonyl (C=O) groups excluding carboxylic acids is 1. The number of hydrogen-bond acceptors (Lipinski definition) is 4. The molecule has 1 aromatic heterocycles. The van der Waals surface area contributed by atoms with Crippen LogP contribution < -0.4 is 5.32 Å². The molecule has 1 amide bonds. The van der Waals surface area contributed by atoms with Crippen molar-refractivity contribution in [2.75, 3.05) is 13.2 Å². The summed E-state index contributed by atoms with van der Waals surface area (Å²) in [6, 6.07) is 0.145. The van der Waals surface area contributed by atoms with E-state index in [4.69, 9.17) is 9.47 Å². The molecule has 1 saturated heterocycles. The summed E-state index contributed by atoms with van der Waals surface area (Å²) in [4.78, 5) is 17.2. The molecule has 0 bridgehead atoms. The average molecular weight is 335 g/mol. The molecule has 0 unspecified atom stereocenters. The zero-order chi connectivity index (χ0) is 17.1. The number of aryl methyl sites for hydroxylation is 2. The van der Waals surface area contributed by atoms with Gasteiger partial charge in [0, 0.05) is 31.8 Å². The Bertz CT molecular complexity index is 564. The second kappa shape index (κ2) is 7.66. The summed E-state index contributed by atoms with van der Waals surface area (Å²) in [6.07, 6.45) is 5.73. The van der Waals surface area contributed by atoms with E-state index in [0.29, 0.717) is 6.61 Å². The molecule has 3 rings (SSSR count). The van der Waals surface area contributed by atoms with Crippen LogP contribution in [0.4, 0.5) is 0 Å². The van der Waals surface area contributed by atoms with Crippen LogP contribution in [0.25, 0.3) is 0 Å². The van der Waals surface area contributed by atoms with E-state index in [1.54, 1.807) is 0 Å². The monoisotopic (exact) mass is 335 g/mol. The van der Waals surface area contributed by atoms with E-state index in [9.17, 15) is 4.79 Å². The molecule has 3 atom stereocenters. The lowest BCUT2D eigenvalue weighted by atomic mass is 10.0. The van der Waals surface area contributed by atoms with Crippen LogP contribution in [0.15, 0.2) is 6.20 Å². The van der Waals surface area contributed by atoms with Gasteiger partial charge in [-0.15, -0.1) is 0 Å². The maximum Gasteiger partial charge on any atom is 0.249 e. The van der Waals surface area contributed by atoms with Gasteiger partial charge in [-0.05, 0) is 32.1 Å². The number of fused-ring (bicyclic) bond motifs is 1. The van der Waals surface area contributed by atoms with Gasteiger partial charge in [-0.1, -0.05) is 13.8 Å². The highest BCUT2D eigenvalue weighted by atomic mass is 16.5. The lowest BCUT2D eigenvalue weighted by molar-refractivity contribution is -0.139. The first-order valence-corrected chi connectivity index (χ1v) is 9.09. The number of ether oxygens (including phenoxy) is 2. The van der Waals surface area contributed by atoms with E-state index >= 15 is 0 Å². The molecule has 6 nitrogen and oxygen atoms in total. The number of nitrogens with zero attached hydrogens (tertiary/aromatic N) is 2. The first-order valence-electron chi connectivity index (χ1n) is 9.09. The molecule has 0 aromatic carbocycles. The second-order valence-corrected chi connectivity index (χ2v) is 7.33. The van der Waals surface area contributed by atoms with Crippen LogP contribution in [0.1, 0.15) is 44.6 Å². The van der Waals surface area contributed by atoms with Gasteiger partial charge in [0.1, 0.15) is 11.9 Å². The predicted molar refractivity (Wildman–Crippen MR) is 90.8 cm³/mol. The number of hydrogen-bond donors (Lipinski definition) is 1. The van der Waals surface area contributed by atoms with Crippen LogP contribution in [0.3, 0.4) is 0 Å². The van der Waals surface area contributed by atoms with E-state index in [0.717, 1.165) is 50.4 Å². The molecule has 1 aromatic rings. The molecule has 1 fully saturated rings. The van der Waals surface area contributed by atoms with E-state index in [1.165, 1.54) is 0 Å². The molecule has 134 valence electrons. The van der Waals surface area contributed by atoms with Crippen molar-refractivity contribution in [3.05, 3.63) is 17.7 Å². The summed E-state index contributed by atoms with van der Waals surface area (Å²) in [5, 5.41) is 3.17. The SMILES string of the molecule is Cc1cn2c(n1)CC[C@H](NC(=O)[C@H](OC[C@H]1CCCO1)C(C)C)C2. The van der Waals surface area contributed by atoms with Gasteiger partial charge in [0.15, 0.2) is 0 Å². The number of amides is 1. The van der Waals surface area contributed by atoms with Crippen molar-refractivity contribution in [2.24, 2.45) is 5.92 Å². The van der Waals surface area contributed by atoms with Crippen molar-refractivity contribution >= 4 is 5.91 Å². The zero-order valence-corrected chi connectivity index (χ0v) is 15.0. The normalized spacial score (nSPS) is 24.8. The minimum Gasteiger partial charge on any atom is -0.376 e. The molecule has 24 heavy (non-hydrogen) atoms. The van der Waals surface area contributed by atoms with Gasteiger partial charge in [-0.25, -0.2) is 4.98 Å². The Morgan fingerprint density at radius 1 is 1.50 bits per heavy atom. The molecule has 0 saturated carbocycles. The molecule has 0 spiro atoms. The van der Waals surface area contributed by atoms with E-state index in [1.807, 2.05) is 20.8 Å². The topological polar surface area (TPSA) is 65.4 Å². The number of rotatable bonds is 6. The van der Waals surface area contributed by atoms with Crippen molar-refractivity contribution in [3.8, 4) is 0 Å². The molecular weight excluding hydrogens is 306 g/mol. The smallest absolute Gasteiger partial charge is 0.249 e. The number of carbonyl (C=O) groups is 1. The van der Waals surface area contributed by atoms with Crippen molar-refractivity contribution < 1.29 is 14.3 Å². The maximum atomic E-state index is 12.7. The Labute approximate surface area is 143 Å². The maximum absolute atomic E-state index is 12.7. The molecule has 1 N–H and O–H groups in total. The van der Waals surface area contributed by atoms with Crippen molar-refractivity contribution in [1.29, 1.82) is 0 Å². The highest BCUT2D eigenvalue weighted by molar-refractivity contribution is 5.81. The fraction of sp³-hybridized carbons (Fsp3) is 0.778. The first kappa shape index (κ1) is 17.4. The molecule has 0 radical (unpaired) electrons. The van der Waals surface area contributed by atoms with Gasteiger partial charge in [0.2, 0.25) is 5.91 Å². The Morgan fingerprint density at radius 3 is 3.04 bits per heavy atom. The summed E-state index contributed by atoms with van der Waals surface area (Å²) in [5.41, 5.74) is 1.04. The molecule has 3 heterocycles. The van der Waals surface area contributed by atoms with E-state index in [-0.39, 0.29) is 24.0 Å². The lowest BCUT2D eigenvalue weighted by Gasteiger charge is -2.28.